The van der Waals surface area contributed by atoms with E-state index in [1.54, 1.807) is 0 Å². The maximum absolute atomic E-state index is 11.0. The molecule has 1 aliphatic rings. The fourth-order valence-corrected chi connectivity index (χ4v) is 3.75. The highest BCUT2D eigenvalue weighted by Crippen LogP contribution is 2.39. The summed E-state index contributed by atoms with van der Waals surface area (Å²) in [5.41, 5.74) is 4.81. The van der Waals surface area contributed by atoms with Crippen molar-refractivity contribution in [3.8, 4) is 0 Å². The molecule has 1 fully saturated rings. The summed E-state index contributed by atoms with van der Waals surface area (Å²) in [5, 5.41) is 6.15. The lowest BCUT2D eigenvalue weighted by molar-refractivity contribution is 0.226. The predicted octanol–water partition coefficient (Wildman–Crippen LogP) is 1.86. The Labute approximate surface area is 143 Å². The number of hydrogen-bond acceptors (Lipinski definition) is 4. The summed E-state index contributed by atoms with van der Waals surface area (Å²) in [6.07, 6.45) is 2.62. The molecule has 1 aromatic carbocycles. The molecule has 0 aliphatic carbocycles. The normalized spacial score (nSPS) is 17.1. The van der Waals surface area contributed by atoms with Crippen LogP contribution in [0.2, 0.25) is 0 Å². The molecule has 1 aromatic heterocycles. The first kappa shape index (κ1) is 17.1. The maximum Gasteiger partial charge on any atom is 0.274 e. The van der Waals surface area contributed by atoms with Crippen LogP contribution >= 0.6 is 0 Å². The number of rotatable bonds is 5. The van der Waals surface area contributed by atoms with Crippen LogP contribution in [0.15, 0.2) is 24.4 Å². The molecule has 6 nitrogen and oxygen atoms in total. The van der Waals surface area contributed by atoms with Crippen LogP contribution in [0, 0.1) is 19.3 Å². The molecule has 0 spiro atoms. The van der Waals surface area contributed by atoms with Crippen molar-refractivity contribution in [1.29, 1.82) is 0 Å². The molecule has 0 saturated carbocycles. The Kier molecular flexibility index (Phi) is 4.27. The van der Waals surface area contributed by atoms with Crippen molar-refractivity contribution in [2.24, 2.45) is 10.6 Å². The van der Waals surface area contributed by atoms with Crippen molar-refractivity contribution in [3.63, 3.8) is 0 Å². The van der Waals surface area contributed by atoms with Crippen LogP contribution in [0.5, 0.6) is 0 Å². The molecule has 0 atom stereocenters. The third-order valence-corrected chi connectivity index (χ3v) is 5.46. The third-order valence-electron chi connectivity index (χ3n) is 4.85. The Morgan fingerprint density at radius 2 is 1.96 bits per heavy atom. The zero-order valence-electron chi connectivity index (χ0n) is 14.3. The van der Waals surface area contributed by atoms with E-state index in [9.17, 15) is 8.42 Å². The Hall–Kier alpha value is -1.70. The minimum absolute atomic E-state index is 0.0903. The maximum atomic E-state index is 11.0. The summed E-state index contributed by atoms with van der Waals surface area (Å²) in [5.74, 6) is 0. The molecule has 7 heteroatoms. The second-order valence-corrected chi connectivity index (χ2v) is 8.52. The van der Waals surface area contributed by atoms with Gasteiger partial charge in [-0.05, 0) is 49.6 Å². The second-order valence-electron chi connectivity index (χ2n) is 7.14. The average molecular weight is 348 g/mol. The highest BCUT2D eigenvalue weighted by atomic mass is 32.2. The smallest absolute Gasteiger partial charge is 0.274 e. The zero-order valence-corrected chi connectivity index (χ0v) is 15.2. The summed E-state index contributed by atoms with van der Waals surface area (Å²) in [6.45, 7) is 8.55. The van der Waals surface area contributed by atoms with Gasteiger partial charge in [0.2, 0.25) is 0 Å². The molecule has 3 N–H and O–H groups in total. The first-order valence-electron chi connectivity index (χ1n) is 8.05. The second kappa shape index (κ2) is 5.98. The Balaban J connectivity index is 1.74. The van der Waals surface area contributed by atoms with E-state index in [4.69, 9.17) is 5.14 Å². The van der Waals surface area contributed by atoms with E-state index in [2.05, 4.69) is 53.6 Å². The molecule has 0 unspecified atom stereocenters. The highest BCUT2D eigenvalue weighted by Gasteiger charge is 2.39. The third kappa shape index (κ3) is 3.53. The van der Waals surface area contributed by atoms with E-state index in [-0.39, 0.29) is 5.41 Å². The van der Waals surface area contributed by atoms with Gasteiger partial charge in [-0.1, -0.05) is 6.92 Å². The van der Waals surface area contributed by atoms with Crippen molar-refractivity contribution in [2.45, 2.75) is 27.2 Å². The van der Waals surface area contributed by atoms with Crippen molar-refractivity contribution in [1.82, 2.24) is 9.71 Å². The van der Waals surface area contributed by atoms with Crippen molar-refractivity contribution in [3.05, 3.63) is 35.5 Å². The van der Waals surface area contributed by atoms with Crippen LogP contribution in [-0.2, 0) is 10.2 Å². The fraction of sp³-hybridized carbons (Fsp3) is 0.471. The van der Waals surface area contributed by atoms with Gasteiger partial charge in [0.05, 0.1) is 5.52 Å². The number of nitrogens with two attached hydrogens (primary N) is 1. The lowest BCUT2D eigenvalue weighted by Gasteiger charge is -2.50. The van der Waals surface area contributed by atoms with Crippen LogP contribution in [0.1, 0.15) is 24.5 Å². The van der Waals surface area contributed by atoms with E-state index in [1.807, 2.05) is 6.20 Å². The molecule has 2 aromatic rings. The number of pyridine rings is 1. The van der Waals surface area contributed by atoms with Gasteiger partial charge in [0, 0.05) is 42.3 Å². The number of hydrogen-bond donors (Lipinski definition) is 2. The van der Waals surface area contributed by atoms with Crippen LogP contribution in [0.25, 0.3) is 10.9 Å². The summed E-state index contributed by atoms with van der Waals surface area (Å²) >= 11 is 0. The first-order valence-corrected chi connectivity index (χ1v) is 9.60. The van der Waals surface area contributed by atoms with E-state index >= 15 is 0 Å². The quantitative estimate of drug-likeness (QED) is 0.863. The topological polar surface area (TPSA) is 88.3 Å². The number of fused-ring (bicyclic) bond motifs is 1. The van der Waals surface area contributed by atoms with Crippen molar-refractivity contribution in [2.75, 3.05) is 24.5 Å². The number of anilines is 1. The summed E-state index contributed by atoms with van der Waals surface area (Å²) < 4.78 is 24.3. The zero-order chi connectivity index (χ0) is 17.5. The number of benzene rings is 1. The van der Waals surface area contributed by atoms with Gasteiger partial charge in [-0.3, -0.25) is 4.98 Å². The molecular weight excluding hydrogens is 324 g/mol. The molecule has 24 heavy (non-hydrogen) atoms. The molecule has 0 bridgehead atoms. The molecule has 2 heterocycles. The summed E-state index contributed by atoms with van der Waals surface area (Å²) in [4.78, 5) is 6.81. The minimum Gasteiger partial charge on any atom is -0.370 e. The molecular formula is C17H24N4O2S. The van der Waals surface area contributed by atoms with Crippen LogP contribution in [0.3, 0.4) is 0 Å². The number of nitrogens with one attached hydrogen (secondary N) is 1. The summed E-state index contributed by atoms with van der Waals surface area (Å²) in [7, 11) is -3.61. The number of aromatic nitrogens is 1. The lowest BCUT2D eigenvalue weighted by Crippen LogP contribution is -2.56. The largest absolute Gasteiger partial charge is 0.370 e. The first-order chi connectivity index (χ1) is 11.2. The Morgan fingerprint density at radius 1 is 1.29 bits per heavy atom. The highest BCUT2D eigenvalue weighted by molar-refractivity contribution is 7.87. The van der Waals surface area contributed by atoms with Gasteiger partial charge in [0.1, 0.15) is 0 Å². The van der Waals surface area contributed by atoms with E-state index in [0.29, 0.717) is 6.54 Å². The SMILES string of the molecule is Cc1cc2nccc(N3CC(C)(CCNS(N)(=O)=O)C3)c2cc1C. The van der Waals surface area contributed by atoms with E-state index in [1.165, 1.54) is 22.2 Å². The van der Waals surface area contributed by atoms with Gasteiger partial charge in [-0.2, -0.15) is 8.42 Å². The minimum atomic E-state index is -3.61. The van der Waals surface area contributed by atoms with Crippen LogP contribution in [0.4, 0.5) is 5.69 Å². The van der Waals surface area contributed by atoms with Crippen LogP contribution in [-0.4, -0.2) is 33.0 Å². The van der Waals surface area contributed by atoms with Crippen molar-refractivity contribution >= 4 is 26.8 Å². The number of nitrogens with zero attached hydrogens (tertiary/aromatic N) is 2. The fourth-order valence-electron chi connectivity index (χ4n) is 3.37. The molecule has 3 rings (SSSR count). The number of aryl methyl sites for hydroxylation is 2. The summed E-state index contributed by atoms with van der Waals surface area (Å²) in [6, 6.07) is 6.38. The average Bonchev–Trinajstić information content (AvgIpc) is 2.44. The van der Waals surface area contributed by atoms with Crippen molar-refractivity contribution < 1.29 is 8.42 Å². The Morgan fingerprint density at radius 3 is 2.62 bits per heavy atom. The monoisotopic (exact) mass is 348 g/mol. The van der Waals surface area contributed by atoms with Gasteiger partial charge >= 0.3 is 0 Å². The molecule has 1 saturated heterocycles. The van der Waals surface area contributed by atoms with Crippen LogP contribution < -0.4 is 14.8 Å². The molecule has 0 radical (unpaired) electrons. The molecule has 1 aliphatic heterocycles. The van der Waals surface area contributed by atoms with Gasteiger partial charge in [-0.25, -0.2) is 9.86 Å². The lowest BCUT2D eigenvalue weighted by atomic mass is 9.78. The molecule has 0 amide bonds. The van der Waals surface area contributed by atoms with Gasteiger partial charge < -0.3 is 4.90 Å². The van der Waals surface area contributed by atoms with E-state index in [0.717, 1.165) is 25.0 Å². The Bertz CT molecular complexity index is 874. The van der Waals surface area contributed by atoms with Gasteiger partial charge in [-0.15, -0.1) is 0 Å². The van der Waals surface area contributed by atoms with Gasteiger partial charge in [0.25, 0.3) is 10.2 Å². The standard InChI is InChI=1S/C17H24N4O2S/c1-12-8-14-15(9-13(12)2)19-6-4-16(14)21-10-17(3,11-21)5-7-20-24(18,22)23/h4,6,8-9,20H,5,7,10-11H2,1-3H3,(H2,18,22,23). The van der Waals surface area contributed by atoms with Gasteiger partial charge in [0.15, 0.2) is 0 Å². The predicted molar refractivity (Wildman–Crippen MR) is 97.3 cm³/mol. The van der Waals surface area contributed by atoms with E-state index < -0.39 is 10.2 Å². The molecule has 130 valence electrons.